The van der Waals surface area contributed by atoms with E-state index in [1.54, 1.807) is 19.2 Å². The van der Waals surface area contributed by atoms with Crippen molar-refractivity contribution in [1.82, 2.24) is 9.97 Å². The Kier molecular flexibility index (Phi) is 2.83. The van der Waals surface area contributed by atoms with Crippen molar-refractivity contribution < 1.29 is 9.53 Å². The lowest BCUT2D eigenvalue weighted by atomic mass is 10.4. The van der Waals surface area contributed by atoms with Gasteiger partial charge in [0.2, 0.25) is 5.28 Å². The number of nitrogens with zero attached hydrogens (tertiary/aromatic N) is 2. The van der Waals surface area contributed by atoms with E-state index in [4.69, 9.17) is 16.3 Å². The first-order valence-electron chi connectivity index (χ1n) is 4.30. The first-order valence-corrected chi connectivity index (χ1v) is 5.49. The molecule has 6 heteroatoms. The molecule has 0 aromatic carbocycles. The summed E-state index contributed by atoms with van der Waals surface area (Å²) in [5.74, 6) is -0.336. The van der Waals surface area contributed by atoms with E-state index in [0.717, 1.165) is 4.70 Å². The van der Waals surface area contributed by atoms with Gasteiger partial charge in [-0.1, -0.05) is 0 Å². The number of hydrogen-bond donors (Lipinski definition) is 0. The lowest BCUT2D eigenvalue weighted by Gasteiger charge is -1.95. The number of rotatable bonds is 2. The third kappa shape index (κ3) is 2.08. The Morgan fingerprint density at radius 3 is 3.20 bits per heavy atom. The van der Waals surface area contributed by atoms with Crippen molar-refractivity contribution in [3.63, 3.8) is 0 Å². The van der Waals surface area contributed by atoms with Crippen molar-refractivity contribution >= 4 is 39.1 Å². The van der Waals surface area contributed by atoms with Crippen LogP contribution in [0.5, 0.6) is 0 Å². The summed E-state index contributed by atoms with van der Waals surface area (Å²) in [7, 11) is 0. The van der Waals surface area contributed by atoms with E-state index in [1.807, 2.05) is 0 Å². The maximum Gasteiger partial charge on any atom is 0.348 e. The zero-order valence-electron chi connectivity index (χ0n) is 7.86. The van der Waals surface area contributed by atoms with Crippen molar-refractivity contribution in [2.24, 2.45) is 0 Å². The van der Waals surface area contributed by atoms with Gasteiger partial charge in [-0.15, -0.1) is 11.3 Å². The van der Waals surface area contributed by atoms with Gasteiger partial charge in [0.1, 0.15) is 4.88 Å². The Balaban J connectivity index is 2.42. The molecule has 0 bridgehead atoms. The molecule has 0 N–H and O–H groups in total. The van der Waals surface area contributed by atoms with E-state index in [-0.39, 0.29) is 11.3 Å². The average molecular weight is 243 g/mol. The van der Waals surface area contributed by atoms with Gasteiger partial charge in [0.05, 0.1) is 16.8 Å². The van der Waals surface area contributed by atoms with Crippen LogP contribution in [0, 0.1) is 0 Å². The molecule has 0 fully saturated rings. The van der Waals surface area contributed by atoms with Crippen molar-refractivity contribution in [1.29, 1.82) is 0 Å². The monoisotopic (exact) mass is 242 g/mol. The molecule has 2 heterocycles. The van der Waals surface area contributed by atoms with E-state index in [1.165, 1.54) is 11.3 Å². The van der Waals surface area contributed by atoms with Crippen LogP contribution in [0.1, 0.15) is 16.6 Å². The van der Waals surface area contributed by atoms with Crippen LogP contribution in [-0.2, 0) is 4.74 Å². The minimum absolute atomic E-state index is 0.177. The molecule has 2 aromatic heterocycles. The van der Waals surface area contributed by atoms with E-state index in [2.05, 4.69) is 9.97 Å². The fourth-order valence-electron chi connectivity index (χ4n) is 1.12. The summed E-state index contributed by atoms with van der Waals surface area (Å²) < 4.78 is 5.70. The quantitative estimate of drug-likeness (QED) is 0.600. The van der Waals surface area contributed by atoms with Crippen molar-refractivity contribution in [3.05, 3.63) is 22.4 Å². The summed E-state index contributed by atoms with van der Waals surface area (Å²) in [6, 6.07) is 1.66. The highest BCUT2D eigenvalue weighted by molar-refractivity contribution is 7.20. The smallest absolute Gasteiger partial charge is 0.348 e. The molecule has 0 aliphatic carbocycles. The maximum absolute atomic E-state index is 11.4. The van der Waals surface area contributed by atoms with Crippen molar-refractivity contribution in [2.75, 3.05) is 6.61 Å². The Morgan fingerprint density at radius 2 is 2.47 bits per heavy atom. The van der Waals surface area contributed by atoms with Crippen molar-refractivity contribution in [3.8, 4) is 0 Å². The van der Waals surface area contributed by atoms with Gasteiger partial charge in [-0.25, -0.2) is 14.8 Å². The van der Waals surface area contributed by atoms with E-state index >= 15 is 0 Å². The Hall–Kier alpha value is -1.20. The summed E-state index contributed by atoms with van der Waals surface area (Å²) in [5, 5.41) is 0.177. The van der Waals surface area contributed by atoms with Gasteiger partial charge in [-0.2, -0.15) is 0 Å². The second-order valence-electron chi connectivity index (χ2n) is 2.72. The number of carbonyl (C=O) groups is 1. The van der Waals surface area contributed by atoms with E-state index in [0.29, 0.717) is 17.0 Å². The van der Waals surface area contributed by atoms with Gasteiger partial charge in [-0.05, 0) is 24.6 Å². The van der Waals surface area contributed by atoms with Crippen LogP contribution >= 0.6 is 22.9 Å². The lowest BCUT2D eigenvalue weighted by molar-refractivity contribution is 0.0532. The number of esters is 1. The highest BCUT2D eigenvalue weighted by Gasteiger charge is 2.12. The summed E-state index contributed by atoms with van der Waals surface area (Å²) in [5.41, 5.74) is 0.669. The SMILES string of the molecule is CCOC(=O)c1cc2nc(Cl)ncc2s1. The largest absolute Gasteiger partial charge is 0.462 e. The zero-order valence-corrected chi connectivity index (χ0v) is 9.43. The lowest BCUT2D eigenvalue weighted by Crippen LogP contribution is -2.01. The molecule has 0 unspecified atom stereocenters. The highest BCUT2D eigenvalue weighted by Crippen LogP contribution is 2.24. The average Bonchev–Trinajstić information content (AvgIpc) is 2.60. The number of aromatic nitrogens is 2. The number of halogens is 1. The molecule has 0 amide bonds. The van der Waals surface area contributed by atoms with Crippen LogP contribution < -0.4 is 0 Å². The molecule has 2 aromatic rings. The summed E-state index contributed by atoms with van der Waals surface area (Å²) in [6.45, 7) is 2.13. The Morgan fingerprint density at radius 1 is 1.67 bits per heavy atom. The molecule has 2 rings (SSSR count). The summed E-state index contributed by atoms with van der Waals surface area (Å²) >= 11 is 6.93. The van der Waals surface area contributed by atoms with Crippen LogP contribution in [0.3, 0.4) is 0 Å². The molecule has 78 valence electrons. The van der Waals surface area contributed by atoms with Crippen molar-refractivity contribution in [2.45, 2.75) is 6.92 Å². The summed E-state index contributed by atoms with van der Waals surface area (Å²) in [4.78, 5) is 19.8. The molecule has 15 heavy (non-hydrogen) atoms. The Labute approximate surface area is 94.9 Å². The van der Waals surface area contributed by atoms with Crippen LogP contribution in [-0.4, -0.2) is 22.5 Å². The molecule has 0 saturated carbocycles. The van der Waals surface area contributed by atoms with Gasteiger partial charge < -0.3 is 4.74 Å². The fraction of sp³-hybridized carbons (Fsp3) is 0.222. The Bertz CT molecular complexity index is 512. The van der Waals surface area contributed by atoms with Crippen LogP contribution in [0.2, 0.25) is 5.28 Å². The second kappa shape index (κ2) is 4.12. The first-order chi connectivity index (χ1) is 7.20. The van der Waals surface area contributed by atoms with Gasteiger partial charge >= 0.3 is 5.97 Å². The van der Waals surface area contributed by atoms with Gasteiger partial charge in [-0.3, -0.25) is 0 Å². The molecular weight excluding hydrogens is 236 g/mol. The molecule has 0 aliphatic heterocycles. The molecule has 0 atom stereocenters. The topological polar surface area (TPSA) is 52.1 Å². The minimum atomic E-state index is -0.336. The zero-order chi connectivity index (χ0) is 10.8. The van der Waals surface area contributed by atoms with Crippen LogP contribution in [0.15, 0.2) is 12.3 Å². The number of hydrogen-bond acceptors (Lipinski definition) is 5. The first kappa shape index (κ1) is 10.3. The molecule has 0 aliphatic rings. The standard InChI is InChI=1S/C9H7ClN2O2S/c1-2-14-8(13)6-3-5-7(15-6)4-11-9(10)12-5/h3-4H,2H2,1H3. The van der Waals surface area contributed by atoms with E-state index < -0.39 is 0 Å². The summed E-state index contributed by atoms with van der Waals surface area (Å²) in [6.07, 6.45) is 1.60. The molecular formula is C9H7ClN2O2S. The minimum Gasteiger partial charge on any atom is -0.462 e. The predicted molar refractivity (Wildman–Crippen MR) is 58.4 cm³/mol. The molecule has 4 nitrogen and oxygen atoms in total. The van der Waals surface area contributed by atoms with Gasteiger partial charge in [0.25, 0.3) is 0 Å². The van der Waals surface area contributed by atoms with Crippen LogP contribution in [0.25, 0.3) is 10.2 Å². The highest BCUT2D eigenvalue weighted by atomic mass is 35.5. The third-order valence-electron chi connectivity index (χ3n) is 1.72. The molecule has 0 saturated heterocycles. The number of fused-ring (bicyclic) bond motifs is 1. The maximum atomic E-state index is 11.4. The van der Waals surface area contributed by atoms with Gasteiger partial charge in [0, 0.05) is 6.20 Å². The molecule has 0 radical (unpaired) electrons. The number of ether oxygens (including phenoxy) is 1. The van der Waals surface area contributed by atoms with E-state index in [9.17, 15) is 4.79 Å². The fourth-order valence-corrected chi connectivity index (χ4v) is 2.12. The molecule has 0 spiro atoms. The van der Waals surface area contributed by atoms with Gasteiger partial charge in [0.15, 0.2) is 0 Å². The normalized spacial score (nSPS) is 10.5. The number of carbonyl (C=O) groups excluding carboxylic acids is 1. The number of thiophene rings is 1. The third-order valence-corrected chi connectivity index (χ3v) is 2.94. The predicted octanol–water partition coefficient (Wildman–Crippen LogP) is 2.52. The van der Waals surface area contributed by atoms with Crippen LogP contribution in [0.4, 0.5) is 0 Å². The second-order valence-corrected chi connectivity index (χ2v) is 4.14.